The minimum absolute atomic E-state index is 0.127. The Bertz CT molecular complexity index is 458. The van der Waals surface area contributed by atoms with Gasteiger partial charge in [-0.15, -0.1) is 0 Å². The third kappa shape index (κ3) is 6.76. The molecule has 1 aromatic rings. The summed E-state index contributed by atoms with van der Waals surface area (Å²) in [4.78, 5) is 22.3. The van der Waals surface area contributed by atoms with Gasteiger partial charge in [-0.3, -0.25) is 9.59 Å². The van der Waals surface area contributed by atoms with Gasteiger partial charge in [-0.2, -0.15) is 0 Å². The summed E-state index contributed by atoms with van der Waals surface area (Å²) >= 11 is 0. The highest BCUT2D eigenvalue weighted by Crippen LogP contribution is 2.12. The van der Waals surface area contributed by atoms with Gasteiger partial charge < -0.3 is 19.9 Å². The average molecular weight is 295 g/mol. The molecule has 0 spiro atoms. The molecule has 0 radical (unpaired) electrons. The number of aliphatic carboxylic acids is 1. The molecule has 2 N–H and O–H groups in total. The van der Waals surface area contributed by atoms with Crippen molar-refractivity contribution >= 4 is 11.9 Å². The van der Waals surface area contributed by atoms with Gasteiger partial charge in [-0.05, 0) is 24.1 Å². The lowest BCUT2D eigenvalue weighted by atomic mass is 10.1. The summed E-state index contributed by atoms with van der Waals surface area (Å²) in [6.45, 7) is 0.199. The van der Waals surface area contributed by atoms with Crippen molar-refractivity contribution in [3.05, 3.63) is 29.8 Å². The van der Waals surface area contributed by atoms with Crippen LogP contribution in [0, 0.1) is 0 Å². The molecule has 21 heavy (non-hydrogen) atoms. The first-order valence-corrected chi connectivity index (χ1v) is 6.69. The Hall–Kier alpha value is -2.08. The van der Waals surface area contributed by atoms with E-state index in [4.69, 9.17) is 14.6 Å². The molecule has 6 heteroatoms. The van der Waals surface area contributed by atoms with Crippen LogP contribution < -0.4 is 10.1 Å². The lowest BCUT2D eigenvalue weighted by Gasteiger charge is -2.13. The molecule has 0 fully saturated rings. The molecule has 0 aliphatic rings. The van der Waals surface area contributed by atoms with E-state index in [1.807, 2.05) is 24.3 Å². The quantitative estimate of drug-likeness (QED) is 0.716. The third-order valence-electron chi connectivity index (χ3n) is 3.06. The average Bonchev–Trinajstić information content (AvgIpc) is 2.49. The molecule has 1 aromatic carbocycles. The fourth-order valence-electron chi connectivity index (χ4n) is 1.80. The molecular weight excluding hydrogens is 274 g/mol. The summed E-state index contributed by atoms with van der Waals surface area (Å²) < 4.78 is 10.1. The van der Waals surface area contributed by atoms with Gasteiger partial charge in [0.25, 0.3) is 0 Å². The van der Waals surface area contributed by atoms with Crippen LogP contribution in [-0.4, -0.2) is 43.9 Å². The molecule has 0 aliphatic heterocycles. The number of nitrogens with one attached hydrogen (secondary N) is 1. The minimum Gasteiger partial charge on any atom is -0.497 e. The molecule has 0 saturated carbocycles. The van der Waals surface area contributed by atoms with E-state index in [0.717, 1.165) is 11.3 Å². The van der Waals surface area contributed by atoms with E-state index in [-0.39, 0.29) is 18.9 Å². The zero-order valence-corrected chi connectivity index (χ0v) is 12.3. The highest BCUT2D eigenvalue weighted by atomic mass is 16.5. The number of rotatable bonds is 9. The number of carboxylic acid groups (broad SMARTS) is 1. The van der Waals surface area contributed by atoms with E-state index >= 15 is 0 Å². The van der Waals surface area contributed by atoms with Crippen molar-refractivity contribution in [3.8, 4) is 5.75 Å². The van der Waals surface area contributed by atoms with Gasteiger partial charge in [0.15, 0.2) is 0 Å². The zero-order chi connectivity index (χ0) is 15.7. The second-order valence-corrected chi connectivity index (χ2v) is 4.61. The second-order valence-electron chi connectivity index (χ2n) is 4.61. The first kappa shape index (κ1) is 17.0. The maximum Gasteiger partial charge on any atom is 0.306 e. The van der Waals surface area contributed by atoms with Crippen molar-refractivity contribution in [1.29, 1.82) is 0 Å². The van der Waals surface area contributed by atoms with Crippen LogP contribution in [0.2, 0.25) is 0 Å². The van der Waals surface area contributed by atoms with Crippen LogP contribution in [0.25, 0.3) is 0 Å². The third-order valence-corrected chi connectivity index (χ3v) is 3.06. The number of carbonyl (C=O) groups excluding carboxylic acids is 1. The summed E-state index contributed by atoms with van der Waals surface area (Å²) in [6.07, 6.45) is 0.324. The maximum atomic E-state index is 11.7. The van der Waals surface area contributed by atoms with Gasteiger partial charge in [0.2, 0.25) is 5.91 Å². The molecule has 116 valence electrons. The van der Waals surface area contributed by atoms with Crippen molar-refractivity contribution in [3.63, 3.8) is 0 Å². The molecule has 0 heterocycles. The Morgan fingerprint density at radius 2 is 1.90 bits per heavy atom. The predicted octanol–water partition coefficient (Wildman–Crippen LogP) is 1.23. The number of ether oxygens (including phenoxy) is 2. The number of amides is 1. The molecule has 0 bridgehead atoms. The summed E-state index contributed by atoms with van der Waals surface area (Å²) in [5.41, 5.74) is 1.04. The normalized spacial score (nSPS) is 11.7. The van der Waals surface area contributed by atoms with E-state index in [0.29, 0.717) is 12.8 Å². The fraction of sp³-hybridized carbons (Fsp3) is 0.467. The van der Waals surface area contributed by atoms with Gasteiger partial charge in [0.1, 0.15) is 5.75 Å². The summed E-state index contributed by atoms with van der Waals surface area (Å²) in [6, 6.07) is 7.52. The van der Waals surface area contributed by atoms with E-state index in [1.165, 1.54) is 7.11 Å². The molecule has 1 unspecified atom stereocenters. The summed E-state index contributed by atoms with van der Waals surface area (Å²) in [7, 11) is 3.03. The zero-order valence-electron chi connectivity index (χ0n) is 12.3. The Labute approximate surface area is 124 Å². The summed E-state index contributed by atoms with van der Waals surface area (Å²) in [5.74, 6) is -0.299. The van der Waals surface area contributed by atoms with E-state index < -0.39 is 12.1 Å². The Balaban J connectivity index is 2.31. The molecule has 6 nitrogen and oxygen atoms in total. The van der Waals surface area contributed by atoms with Gasteiger partial charge in [-0.1, -0.05) is 12.1 Å². The van der Waals surface area contributed by atoms with Gasteiger partial charge in [0, 0.05) is 20.1 Å². The van der Waals surface area contributed by atoms with E-state index in [2.05, 4.69) is 5.32 Å². The lowest BCUT2D eigenvalue weighted by Crippen LogP contribution is -2.34. The number of aryl methyl sites for hydroxylation is 1. The Kier molecular flexibility index (Phi) is 7.25. The van der Waals surface area contributed by atoms with Crippen LogP contribution in [0.1, 0.15) is 18.4 Å². The van der Waals surface area contributed by atoms with Crippen LogP contribution in [0.5, 0.6) is 5.75 Å². The van der Waals surface area contributed by atoms with E-state index in [1.54, 1.807) is 7.11 Å². The van der Waals surface area contributed by atoms with E-state index in [9.17, 15) is 9.59 Å². The largest absolute Gasteiger partial charge is 0.497 e. The van der Waals surface area contributed by atoms with Gasteiger partial charge in [0.05, 0.1) is 19.6 Å². The number of carbonyl (C=O) groups is 2. The first-order valence-electron chi connectivity index (χ1n) is 6.69. The highest BCUT2D eigenvalue weighted by molar-refractivity contribution is 5.76. The number of methoxy groups -OCH3 is 2. The minimum atomic E-state index is -0.950. The molecule has 0 saturated heterocycles. The number of hydrogen-bond acceptors (Lipinski definition) is 4. The number of carboxylic acids is 1. The van der Waals surface area contributed by atoms with Crippen molar-refractivity contribution in [2.24, 2.45) is 0 Å². The van der Waals surface area contributed by atoms with Crippen LogP contribution in [0.15, 0.2) is 24.3 Å². The van der Waals surface area contributed by atoms with Crippen molar-refractivity contribution in [1.82, 2.24) is 5.32 Å². The fourth-order valence-corrected chi connectivity index (χ4v) is 1.80. The van der Waals surface area contributed by atoms with Crippen LogP contribution in [0.3, 0.4) is 0 Å². The number of benzene rings is 1. The van der Waals surface area contributed by atoms with Crippen molar-refractivity contribution in [2.45, 2.75) is 25.4 Å². The monoisotopic (exact) mass is 295 g/mol. The van der Waals surface area contributed by atoms with Crippen LogP contribution >= 0.6 is 0 Å². The highest BCUT2D eigenvalue weighted by Gasteiger charge is 2.13. The molecule has 1 rings (SSSR count). The SMILES string of the molecule is COc1ccc(CCC(=O)NCC(CC(=O)O)OC)cc1. The van der Waals surface area contributed by atoms with Crippen molar-refractivity contribution < 1.29 is 24.2 Å². The molecule has 1 atom stereocenters. The van der Waals surface area contributed by atoms with Gasteiger partial charge in [-0.25, -0.2) is 0 Å². The predicted molar refractivity (Wildman–Crippen MR) is 77.4 cm³/mol. The van der Waals surface area contributed by atoms with Crippen LogP contribution in [-0.2, 0) is 20.7 Å². The Morgan fingerprint density at radius 1 is 1.24 bits per heavy atom. The van der Waals surface area contributed by atoms with Crippen LogP contribution in [0.4, 0.5) is 0 Å². The topological polar surface area (TPSA) is 84.9 Å². The second kappa shape index (κ2) is 8.97. The first-order chi connectivity index (χ1) is 10.0. The molecule has 0 aromatic heterocycles. The van der Waals surface area contributed by atoms with Crippen molar-refractivity contribution in [2.75, 3.05) is 20.8 Å². The maximum absolute atomic E-state index is 11.7. The number of hydrogen-bond donors (Lipinski definition) is 2. The van der Waals surface area contributed by atoms with Gasteiger partial charge >= 0.3 is 5.97 Å². The lowest BCUT2D eigenvalue weighted by molar-refractivity contribution is -0.140. The smallest absolute Gasteiger partial charge is 0.306 e. The molecular formula is C15H21NO5. The summed E-state index contributed by atoms with van der Waals surface area (Å²) in [5, 5.41) is 11.4. The molecule has 0 aliphatic carbocycles. The standard InChI is InChI=1S/C15H21NO5/c1-20-12-6-3-11(4-7-12)5-8-14(17)16-10-13(21-2)9-15(18)19/h3-4,6-7,13H,5,8-10H2,1-2H3,(H,16,17)(H,18,19). The molecule has 1 amide bonds. The Morgan fingerprint density at radius 3 is 2.43 bits per heavy atom.